The fourth-order valence-electron chi connectivity index (χ4n) is 5.69. The Morgan fingerprint density at radius 2 is 1.27 bits per heavy atom. The number of aromatic nitrogens is 4. The Labute approximate surface area is 277 Å². The van der Waals surface area contributed by atoms with Gasteiger partial charge in [0.15, 0.2) is 0 Å². The molecule has 0 unspecified atom stereocenters. The summed E-state index contributed by atoms with van der Waals surface area (Å²) in [5, 5.41) is 19.7. The van der Waals surface area contributed by atoms with Crippen molar-refractivity contribution >= 4 is 61.2 Å². The maximum absolute atomic E-state index is 9.48. The van der Waals surface area contributed by atoms with Crippen molar-refractivity contribution in [2.45, 2.75) is 65.2 Å². The Kier molecular flexibility index (Phi) is 11.0. The van der Waals surface area contributed by atoms with Gasteiger partial charge in [-0.05, 0) is 107 Å². The van der Waals surface area contributed by atoms with Gasteiger partial charge in [0.05, 0.1) is 26.6 Å². The molecule has 0 saturated carbocycles. The van der Waals surface area contributed by atoms with E-state index in [1.165, 1.54) is 11.1 Å². The first kappa shape index (κ1) is 33.3. The monoisotopic (exact) mass is 692 g/mol. The van der Waals surface area contributed by atoms with Crippen LogP contribution in [0.25, 0.3) is 22.1 Å². The number of halogens is 3. The van der Waals surface area contributed by atoms with Gasteiger partial charge in [0.25, 0.3) is 0 Å². The Balaban J connectivity index is 0.000000215. The maximum Gasteiger partial charge on any atom is 0.302 e. The molecule has 7 nitrogen and oxygen atoms in total. The number of hydrogen-bond acceptors (Lipinski definition) is 5. The number of aryl methyl sites for hydroxylation is 2. The molecule has 44 heavy (non-hydrogen) atoms. The molecule has 10 heteroatoms. The van der Waals surface area contributed by atoms with E-state index in [9.17, 15) is 5.26 Å². The van der Waals surface area contributed by atoms with E-state index in [0.717, 1.165) is 46.7 Å². The molecule has 0 aliphatic rings. The highest BCUT2D eigenvalue weighted by Gasteiger charge is 2.21. The predicted octanol–water partition coefficient (Wildman–Crippen LogP) is 10.6. The lowest BCUT2D eigenvalue weighted by molar-refractivity contribution is 0.425. The van der Waals surface area contributed by atoms with Crippen LogP contribution in [0.4, 0.5) is 0 Å². The molecule has 5 rings (SSSR count). The lowest BCUT2D eigenvalue weighted by Gasteiger charge is -2.15. The first-order chi connectivity index (χ1) is 21.1. The van der Waals surface area contributed by atoms with Crippen LogP contribution in [0.15, 0.2) is 46.9 Å². The van der Waals surface area contributed by atoms with E-state index < -0.39 is 0 Å². The van der Waals surface area contributed by atoms with Gasteiger partial charge in [-0.2, -0.15) is 15.5 Å². The van der Waals surface area contributed by atoms with Gasteiger partial charge in [-0.1, -0.05) is 51.4 Å². The molecule has 0 aliphatic carbocycles. The highest BCUT2D eigenvalue weighted by Crippen LogP contribution is 2.37. The second-order valence-corrected chi connectivity index (χ2v) is 12.2. The van der Waals surface area contributed by atoms with Crippen molar-refractivity contribution in [2.75, 3.05) is 0 Å². The normalized spacial score (nSPS) is 11.1. The standard InChI is InChI=1S/C20H19BrClN3O.C14H16ClN3/c1-4-12(5-2)15-8-6-13(11-23)18-19(15)25(3)20(24-18)26-17-9-7-14(22)10-16(17)21;1-4-9(5-2)11-7-6-10(8-16)12-13(11)18(3)14(15)17-12/h6-10,12H,4-5H2,1-3H3;6-7,9H,4-5H2,1-3H3. The first-order valence-corrected chi connectivity index (χ1v) is 16.3. The quantitative estimate of drug-likeness (QED) is 0.161. The van der Waals surface area contributed by atoms with Gasteiger partial charge >= 0.3 is 6.01 Å². The van der Waals surface area contributed by atoms with Gasteiger partial charge in [-0.15, -0.1) is 0 Å². The first-order valence-electron chi connectivity index (χ1n) is 14.7. The summed E-state index contributed by atoms with van der Waals surface area (Å²) in [5.74, 6) is 1.51. The summed E-state index contributed by atoms with van der Waals surface area (Å²) >= 11 is 15.5. The minimum atomic E-state index is 0.413. The molecule has 0 atom stereocenters. The smallest absolute Gasteiger partial charge is 0.302 e. The number of imidazole rings is 2. The SMILES string of the molecule is CCC(CC)c1ccc(C#N)c2nc(Cl)n(C)c12.CCC(CC)c1ccc(C#N)c2nc(Oc3ccc(Cl)cc3Br)n(C)c12. The lowest BCUT2D eigenvalue weighted by Crippen LogP contribution is -2.01. The zero-order valence-corrected chi connectivity index (χ0v) is 28.8. The fraction of sp³-hybridized carbons (Fsp3) is 0.353. The van der Waals surface area contributed by atoms with E-state index >= 15 is 0 Å². The van der Waals surface area contributed by atoms with Crippen molar-refractivity contribution in [1.29, 1.82) is 10.5 Å². The summed E-state index contributed by atoms with van der Waals surface area (Å²) < 4.78 is 10.6. The number of fused-ring (bicyclic) bond motifs is 2. The average Bonchev–Trinajstić information content (AvgIpc) is 3.51. The van der Waals surface area contributed by atoms with Crippen molar-refractivity contribution < 1.29 is 4.74 Å². The number of nitriles is 2. The van der Waals surface area contributed by atoms with Gasteiger partial charge in [0.2, 0.25) is 5.28 Å². The van der Waals surface area contributed by atoms with E-state index in [-0.39, 0.29) is 0 Å². The summed E-state index contributed by atoms with van der Waals surface area (Å²) in [6, 6.07) is 18.0. The molecular weight excluding hydrogens is 659 g/mol. The van der Waals surface area contributed by atoms with E-state index in [4.69, 9.17) is 33.2 Å². The van der Waals surface area contributed by atoms with E-state index in [2.05, 4.69) is 65.7 Å². The van der Waals surface area contributed by atoms with Crippen molar-refractivity contribution in [3.05, 3.63) is 79.5 Å². The number of benzene rings is 3. The summed E-state index contributed by atoms with van der Waals surface area (Å²) in [6.07, 6.45) is 4.20. The van der Waals surface area contributed by atoms with Crippen molar-refractivity contribution in [1.82, 2.24) is 19.1 Å². The van der Waals surface area contributed by atoms with Crippen LogP contribution in [0.2, 0.25) is 10.3 Å². The molecule has 0 fully saturated rings. The number of rotatable bonds is 8. The molecule has 2 heterocycles. The highest BCUT2D eigenvalue weighted by molar-refractivity contribution is 9.10. The number of hydrogen-bond donors (Lipinski definition) is 0. The van der Waals surface area contributed by atoms with E-state index in [1.54, 1.807) is 18.2 Å². The second kappa shape index (κ2) is 14.5. The molecule has 5 aromatic rings. The van der Waals surface area contributed by atoms with Crippen LogP contribution in [0.3, 0.4) is 0 Å². The second-order valence-electron chi connectivity index (χ2n) is 10.6. The number of ether oxygens (including phenoxy) is 1. The third kappa shape index (κ3) is 6.44. The predicted molar refractivity (Wildman–Crippen MR) is 182 cm³/mol. The molecule has 2 aromatic heterocycles. The Bertz CT molecular complexity index is 1890. The minimum Gasteiger partial charge on any atom is -0.424 e. The Morgan fingerprint density at radius 1 is 0.773 bits per heavy atom. The number of nitrogens with zero attached hydrogens (tertiary/aromatic N) is 6. The molecule has 0 bridgehead atoms. The van der Waals surface area contributed by atoms with Crippen LogP contribution in [0, 0.1) is 22.7 Å². The Morgan fingerprint density at radius 3 is 1.75 bits per heavy atom. The van der Waals surface area contributed by atoms with Crippen molar-refractivity contribution in [3.63, 3.8) is 0 Å². The van der Waals surface area contributed by atoms with Gasteiger partial charge in [-0.3, -0.25) is 4.57 Å². The molecule has 228 valence electrons. The molecule has 0 saturated heterocycles. The molecule has 0 amide bonds. The molecule has 0 spiro atoms. The average molecular weight is 695 g/mol. The van der Waals surface area contributed by atoms with Crippen molar-refractivity contribution in [3.8, 4) is 23.9 Å². The van der Waals surface area contributed by atoms with Gasteiger partial charge in [-0.25, -0.2) is 4.98 Å². The fourth-order valence-corrected chi connectivity index (χ4v) is 6.62. The van der Waals surface area contributed by atoms with Crippen LogP contribution >= 0.6 is 39.1 Å². The van der Waals surface area contributed by atoms with Gasteiger partial charge in [0, 0.05) is 19.1 Å². The minimum absolute atomic E-state index is 0.413. The maximum atomic E-state index is 9.48. The summed E-state index contributed by atoms with van der Waals surface area (Å²) in [7, 11) is 3.81. The van der Waals surface area contributed by atoms with Gasteiger partial charge < -0.3 is 9.30 Å². The van der Waals surface area contributed by atoms with E-state index in [1.807, 2.05) is 47.5 Å². The highest BCUT2D eigenvalue weighted by atomic mass is 79.9. The van der Waals surface area contributed by atoms with Crippen LogP contribution in [0.1, 0.15) is 87.5 Å². The summed E-state index contributed by atoms with van der Waals surface area (Å²) in [6.45, 7) is 8.71. The van der Waals surface area contributed by atoms with Crippen LogP contribution in [-0.2, 0) is 14.1 Å². The largest absolute Gasteiger partial charge is 0.424 e. The molecule has 0 aliphatic heterocycles. The third-order valence-corrected chi connectivity index (χ3v) is 9.39. The van der Waals surface area contributed by atoms with Gasteiger partial charge in [0.1, 0.15) is 28.9 Å². The summed E-state index contributed by atoms with van der Waals surface area (Å²) in [4.78, 5) is 8.92. The van der Waals surface area contributed by atoms with Crippen LogP contribution in [-0.4, -0.2) is 19.1 Å². The topological polar surface area (TPSA) is 92.5 Å². The molecule has 3 aromatic carbocycles. The van der Waals surface area contributed by atoms with Crippen molar-refractivity contribution in [2.24, 2.45) is 14.1 Å². The van der Waals surface area contributed by atoms with Crippen LogP contribution in [0.5, 0.6) is 11.8 Å². The van der Waals surface area contributed by atoms with Crippen LogP contribution < -0.4 is 4.74 Å². The molecular formula is C34H35BrCl2N6O. The third-order valence-electron chi connectivity index (χ3n) is 8.20. The zero-order chi connectivity index (χ0) is 32.1. The lowest BCUT2D eigenvalue weighted by atomic mass is 9.92. The Hall–Kier alpha value is -3.56. The summed E-state index contributed by atoms with van der Waals surface area (Å²) in [5.41, 5.74) is 6.91. The van der Waals surface area contributed by atoms with E-state index in [0.29, 0.717) is 50.5 Å². The molecule has 0 radical (unpaired) electrons. The molecule has 0 N–H and O–H groups in total. The zero-order valence-electron chi connectivity index (χ0n) is 25.8.